The predicted molar refractivity (Wildman–Crippen MR) is 88.5 cm³/mol. The molecule has 2 N–H and O–H groups in total. The summed E-state index contributed by atoms with van der Waals surface area (Å²) in [5, 5.41) is 5.09. The Labute approximate surface area is 144 Å². The number of imide groups is 2. The van der Waals surface area contributed by atoms with Crippen molar-refractivity contribution in [3.63, 3.8) is 0 Å². The van der Waals surface area contributed by atoms with E-state index in [1.807, 2.05) is 0 Å². The van der Waals surface area contributed by atoms with Crippen molar-refractivity contribution in [3.8, 4) is 0 Å². The lowest BCUT2D eigenvalue weighted by molar-refractivity contribution is -0.144. The molecule has 0 aliphatic carbocycles. The maximum Gasteiger partial charge on any atom is 0.334 e. The van der Waals surface area contributed by atoms with Gasteiger partial charge in [-0.3, -0.25) is 24.1 Å². The Morgan fingerprint density at radius 3 is 2.16 bits per heavy atom. The van der Waals surface area contributed by atoms with E-state index >= 15 is 0 Å². The Kier molecular flexibility index (Phi) is 5.16. The van der Waals surface area contributed by atoms with Crippen LogP contribution in [-0.4, -0.2) is 52.0 Å². The summed E-state index contributed by atoms with van der Waals surface area (Å²) in [7, 11) is 0. The van der Waals surface area contributed by atoms with Gasteiger partial charge in [-0.05, 0) is 32.0 Å². The molecule has 1 aromatic carbocycles. The standard InChI is InChI=1S/C16H18N4O5/c1-9(2)20-15(24)14(23)19(16(20)25)8-13(22)18-12-6-4-5-11(7-12)17-10(3)21/h4-7,9H,8H2,1-3H3,(H,17,21)(H,18,22). The number of carbonyl (C=O) groups excluding carboxylic acids is 5. The van der Waals surface area contributed by atoms with E-state index in [1.54, 1.807) is 32.0 Å². The van der Waals surface area contributed by atoms with Crippen molar-refractivity contribution in [3.05, 3.63) is 24.3 Å². The van der Waals surface area contributed by atoms with Crippen molar-refractivity contribution < 1.29 is 24.0 Å². The molecule has 1 saturated heterocycles. The van der Waals surface area contributed by atoms with Crippen LogP contribution in [0.15, 0.2) is 24.3 Å². The quantitative estimate of drug-likeness (QED) is 0.604. The van der Waals surface area contributed by atoms with Gasteiger partial charge in [-0.1, -0.05) is 6.07 Å². The zero-order valence-corrected chi connectivity index (χ0v) is 14.0. The Hall–Kier alpha value is -3.23. The first-order chi connectivity index (χ1) is 11.7. The molecule has 1 aromatic rings. The van der Waals surface area contributed by atoms with Gasteiger partial charge in [0.05, 0.1) is 0 Å². The van der Waals surface area contributed by atoms with E-state index < -0.39 is 36.3 Å². The molecular formula is C16H18N4O5. The average Bonchev–Trinajstić information content (AvgIpc) is 2.70. The van der Waals surface area contributed by atoms with Gasteiger partial charge >= 0.3 is 17.8 Å². The molecular weight excluding hydrogens is 328 g/mol. The van der Waals surface area contributed by atoms with Crippen LogP contribution in [0.3, 0.4) is 0 Å². The highest BCUT2D eigenvalue weighted by Crippen LogP contribution is 2.17. The van der Waals surface area contributed by atoms with E-state index in [1.165, 1.54) is 13.0 Å². The molecule has 0 spiro atoms. The van der Waals surface area contributed by atoms with Gasteiger partial charge in [-0.15, -0.1) is 0 Å². The number of amides is 6. The second-order valence-electron chi connectivity index (χ2n) is 5.75. The minimum Gasteiger partial charge on any atom is -0.326 e. The summed E-state index contributed by atoms with van der Waals surface area (Å²) >= 11 is 0. The third-order valence-corrected chi connectivity index (χ3v) is 3.37. The fourth-order valence-corrected chi connectivity index (χ4v) is 2.34. The van der Waals surface area contributed by atoms with E-state index in [0.29, 0.717) is 16.3 Å². The molecule has 1 fully saturated rings. The molecule has 6 amide bonds. The second-order valence-corrected chi connectivity index (χ2v) is 5.75. The van der Waals surface area contributed by atoms with Crippen LogP contribution in [0, 0.1) is 0 Å². The largest absolute Gasteiger partial charge is 0.334 e. The molecule has 0 radical (unpaired) electrons. The molecule has 0 unspecified atom stereocenters. The maximum absolute atomic E-state index is 12.1. The number of carbonyl (C=O) groups is 5. The summed E-state index contributed by atoms with van der Waals surface area (Å²) in [6.07, 6.45) is 0. The van der Waals surface area contributed by atoms with Crippen molar-refractivity contribution in [2.75, 3.05) is 17.2 Å². The lowest BCUT2D eigenvalue weighted by Gasteiger charge is -2.18. The van der Waals surface area contributed by atoms with E-state index in [4.69, 9.17) is 0 Å². The first-order valence-corrected chi connectivity index (χ1v) is 7.57. The Bertz CT molecular complexity index is 759. The third-order valence-electron chi connectivity index (χ3n) is 3.37. The topological polar surface area (TPSA) is 116 Å². The Morgan fingerprint density at radius 1 is 1.04 bits per heavy atom. The molecule has 9 nitrogen and oxygen atoms in total. The molecule has 0 aromatic heterocycles. The summed E-state index contributed by atoms with van der Waals surface area (Å²) in [5.74, 6) is -2.87. The zero-order chi connectivity index (χ0) is 18.7. The second kappa shape index (κ2) is 7.12. The smallest absolute Gasteiger partial charge is 0.326 e. The van der Waals surface area contributed by atoms with Crippen LogP contribution in [0.25, 0.3) is 0 Å². The van der Waals surface area contributed by atoms with Crippen LogP contribution < -0.4 is 10.6 Å². The molecule has 0 bridgehead atoms. The lowest BCUT2D eigenvalue weighted by atomic mass is 10.2. The van der Waals surface area contributed by atoms with Crippen molar-refractivity contribution in [2.24, 2.45) is 0 Å². The van der Waals surface area contributed by atoms with E-state index in [9.17, 15) is 24.0 Å². The third kappa shape index (κ3) is 4.00. The van der Waals surface area contributed by atoms with Crippen molar-refractivity contribution in [1.82, 2.24) is 9.80 Å². The molecule has 0 atom stereocenters. The van der Waals surface area contributed by atoms with Crippen LogP contribution in [0.5, 0.6) is 0 Å². The van der Waals surface area contributed by atoms with Gasteiger partial charge in [-0.2, -0.15) is 0 Å². The van der Waals surface area contributed by atoms with Gasteiger partial charge in [0.2, 0.25) is 11.8 Å². The number of benzene rings is 1. The molecule has 25 heavy (non-hydrogen) atoms. The fraction of sp³-hybridized carbons (Fsp3) is 0.312. The summed E-state index contributed by atoms with van der Waals surface area (Å²) in [6, 6.07) is 5.08. The number of nitrogens with one attached hydrogen (secondary N) is 2. The van der Waals surface area contributed by atoms with Crippen LogP contribution in [-0.2, 0) is 19.2 Å². The molecule has 2 rings (SSSR count). The number of anilines is 2. The van der Waals surface area contributed by atoms with E-state index in [2.05, 4.69) is 10.6 Å². The predicted octanol–water partition coefficient (Wildman–Crippen LogP) is 0.783. The molecule has 0 saturated carbocycles. The van der Waals surface area contributed by atoms with Crippen LogP contribution in [0.4, 0.5) is 16.2 Å². The molecule has 132 valence electrons. The highest BCUT2D eigenvalue weighted by Gasteiger charge is 2.46. The number of hydrogen-bond acceptors (Lipinski definition) is 5. The number of nitrogens with zero attached hydrogens (tertiary/aromatic N) is 2. The number of hydrogen-bond donors (Lipinski definition) is 2. The molecule has 1 heterocycles. The summed E-state index contributed by atoms with van der Waals surface area (Å²) in [6.45, 7) is 3.98. The minimum atomic E-state index is -1.03. The maximum atomic E-state index is 12.1. The van der Waals surface area contributed by atoms with Crippen LogP contribution in [0.1, 0.15) is 20.8 Å². The minimum absolute atomic E-state index is 0.260. The van der Waals surface area contributed by atoms with E-state index in [-0.39, 0.29) is 5.91 Å². The Balaban J connectivity index is 2.05. The molecule has 9 heteroatoms. The van der Waals surface area contributed by atoms with Crippen molar-refractivity contribution in [2.45, 2.75) is 26.8 Å². The molecule has 1 aliphatic rings. The lowest BCUT2D eigenvalue weighted by Crippen LogP contribution is -2.40. The molecule has 1 aliphatic heterocycles. The van der Waals surface area contributed by atoms with Crippen LogP contribution >= 0.6 is 0 Å². The first kappa shape index (κ1) is 18.1. The van der Waals surface area contributed by atoms with Gasteiger partial charge in [0.15, 0.2) is 0 Å². The monoisotopic (exact) mass is 346 g/mol. The normalized spacial score (nSPS) is 14.3. The van der Waals surface area contributed by atoms with Gasteiger partial charge in [0, 0.05) is 24.3 Å². The highest BCUT2D eigenvalue weighted by molar-refractivity contribution is 6.45. The van der Waals surface area contributed by atoms with E-state index in [0.717, 1.165) is 4.90 Å². The first-order valence-electron chi connectivity index (χ1n) is 7.57. The fourth-order valence-electron chi connectivity index (χ4n) is 2.34. The summed E-state index contributed by atoms with van der Waals surface area (Å²) in [5.41, 5.74) is 0.863. The van der Waals surface area contributed by atoms with Gasteiger partial charge in [0.1, 0.15) is 6.54 Å². The average molecular weight is 346 g/mol. The number of urea groups is 1. The summed E-state index contributed by atoms with van der Waals surface area (Å²) in [4.78, 5) is 60.4. The zero-order valence-electron chi connectivity index (χ0n) is 14.0. The van der Waals surface area contributed by atoms with Crippen LogP contribution in [0.2, 0.25) is 0 Å². The van der Waals surface area contributed by atoms with Gasteiger partial charge in [0.25, 0.3) is 0 Å². The SMILES string of the molecule is CC(=O)Nc1cccc(NC(=O)CN2C(=O)C(=O)N(C(C)C)C2=O)c1. The number of rotatable bonds is 5. The highest BCUT2D eigenvalue weighted by atomic mass is 16.2. The van der Waals surface area contributed by atoms with Gasteiger partial charge < -0.3 is 10.6 Å². The summed E-state index contributed by atoms with van der Waals surface area (Å²) < 4.78 is 0. The Morgan fingerprint density at radius 2 is 1.64 bits per heavy atom. The van der Waals surface area contributed by atoms with Gasteiger partial charge in [-0.25, -0.2) is 9.69 Å². The van der Waals surface area contributed by atoms with Crippen molar-refractivity contribution >= 4 is 41.0 Å². The van der Waals surface area contributed by atoms with Crippen molar-refractivity contribution in [1.29, 1.82) is 0 Å².